The first kappa shape index (κ1) is 21.0. The Labute approximate surface area is 145 Å². The van der Waals surface area contributed by atoms with Crippen LogP contribution in [0.4, 0.5) is 27.6 Å². The van der Waals surface area contributed by atoms with Crippen molar-refractivity contribution in [3.05, 3.63) is 22.5 Å². The van der Waals surface area contributed by atoms with Gasteiger partial charge in [-0.15, -0.1) is 0 Å². The summed E-state index contributed by atoms with van der Waals surface area (Å²) in [5.41, 5.74) is -4.92. The average Bonchev–Trinajstić information content (AvgIpc) is 2.50. The molecule has 0 atom stereocenters. The number of hydrogen-bond acceptors (Lipinski definition) is 5. The molecule has 0 saturated heterocycles. The number of esters is 1. The van der Waals surface area contributed by atoms with Crippen LogP contribution in [0.1, 0.15) is 47.6 Å². The van der Waals surface area contributed by atoms with E-state index in [2.05, 4.69) is 20.4 Å². The van der Waals surface area contributed by atoms with E-state index in [1.165, 1.54) is 7.05 Å². The molecule has 0 aliphatic heterocycles. The molecule has 0 aliphatic carbocycles. The van der Waals surface area contributed by atoms with Gasteiger partial charge in [0, 0.05) is 13.1 Å². The summed E-state index contributed by atoms with van der Waals surface area (Å²) in [6.45, 7) is 3.12. The minimum Gasteiger partial charge on any atom is -0.465 e. The number of hydrogen-bond donors (Lipinski definition) is 2. The van der Waals surface area contributed by atoms with Crippen molar-refractivity contribution < 1.29 is 31.5 Å². The van der Waals surface area contributed by atoms with Crippen LogP contribution < -0.4 is 10.6 Å². The van der Waals surface area contributed by atoms with Crippen LogP contribution in [0.15, 0.2) is 0 Å². The third-order valence-corrected chi connectivity index (χ3v) is 3.39. The van der Waals surface area contributed by atoms with E-state index < -0.39 is 57.8 Å². The number of halogens is 5. The summed E-state index contributed by atoms with van der Waals surface area (Å²) in [6.07, 6.45) is -8.50. The molecule has 0 bridgehead atoms. The van der Waals surface area contributed by atoms with Crippen molar-refractivity contribution in [1.29, 1.82) is 0 Å². The van der Waals surface area contributed by atoms with Crippen LogP contribution in [0.2, 0.25) is 0 Å². The highest BCUT2D eigenvalue weighted by atomic mass is 32.1. The third kappa shape index (κ3) is 4.53. The fourth-order valence-electron chi connectivity index (χ4n) is 2.05. The molecule has 0 aromatic carbocycles. The van der Waals surface area contributed by atoms with Gasteiger partial charge in [0.1, 0.15) is 16.2 Å². The van der Waals surface area contributed by atoms with E-state index in [1.807, 2.05) is 0 Å². The SMILES string of the molecule is CNC(=S)c1c(C(F)(F)F)nc(C(F)F)c(C(=O)OC)c1NC(C)C. The Bertz CT molecular complexity index is 677. The van der Waals surface area contributed by atoms with Gasteiger partial charge < -0.3 is 15.4 Å². The average molecular weight is 385 g/mol. The minimum absolute atomic E-state index is 0.408. The van der Waals surface area contributed by atoms with Crippen LogP contribution in [-0.2, 0) is 10.9 Å². The van der Waals surface area contributed by atoms with E-state index in [0.29, 0.717) is 0 Å². The Morgan fingerprint density at radius 2 is 1.80 bits per heavy atom. The molecule has 5 nitrogen and oxygen atoms in total. The van der Waals surface area contributed by atoms with Crippen molar-refractivity contribution in [2.75, 3.05) is 19.5 Å². The van der Waals surface area contributed by atoms with Gasteiger partial charge in [0.05, 0.1) is 18.4 Å². The van der Waals surface area contributed by atoms with E-state index >= 15 is 0 Å². The van der Waals surface area contributed by atoms with Gasteiger partial charge in [-0.3, -0.25) is 0 Å². The number of carbonyl (C=O) groups excluding carboxylic acids is 1. The molecule has 1 rings (SSSR count). The first-order valence-electron chi connectivity index (χ1n) is 6.95. The molecule has 0 unspecified atom stereocenters. The van der Waals surface area contributed by atoms with Gasteiger partial charge in [-0.2, -0.15) is 13.2 Å². The molecule has 0 amide bonds. The number of pyridine rings is 1. The zero-order valence-electron chi connectivity index (χ0n) is 13.7. The van der Waals surface area contributed by atoms with E-state index in [9.17, 15) is 26.7 Å². The van der Waals surface area contributed by atoms with Crippen molar-refractivity contribution in [2.24, 2.45) is 0 Å². The quantitative estimate of drug-likeness (QED) is 0.459. The zero-order chi connectivity index (χ0) is 19.5. The Morgan fingerprint density at radius 1 is 1.24 bits per heavy atom. The van der Waals surface area contributed by atoms with Crippen molar-refractivity contribution >= 4 is 28.9 Å². The fourth-order valence-corrected chi connectivity index (χ4v) is 2.25. The fraction of sp³-hybridized carbons (Fsp3) is 0.500. The zero-order valence-corrected chi connectivity index (χ0v) is 14.5. The number of alkyl halides is 5. The van der Waals surface area contributed by atoms with E-state index in [-0.39, 0.29) is 0 Å². The van der Waals surface area contributed by atoms with E-state index in [0.717, 1.165) is 7.11 Å². The predicted octanol–water partition coefficient (Wildman–Crippen LogP) is 3.54. The first-order valence-corrected chi connectivity index (χ1v) is 7.36. The Morgan fingerprint density at radius 3 is 2.16 bits per heavy atom. The lowest BCUT2D eigenvalue weighted by Crippen LogP contribution is -2.29. The lowest BCUT2D eigenvalue weighted by atomic mass is 10.0. The van der Waals surface area contributed by atoms with Crippen LogP contribution in [0.3, 0.4) is 0 Å². The summed E-state index contributed by atoms with van der Waals surface area (Å²) in [6, 6.07) is -0.490. The van der Waals surface area contributed by atoms with Crippen molar-refractivity contribution in [2.45, 2.75) is 32.5 Å². The second kappa shape index (κ2) is 7.89. The number of ether oxygens (including phenoxy) is 1. The van der Waals surface area contributed by atoms with Crippen LogP contribution >= 0.6 is 12.2 Å². The number of rotatable bonds is 5. The van der Waals surface area contributed by atoms with Gasteiger partial charge in [-0.25, -0.2) is 18.6 Å². The monoisotopic (exact) mass is 385 g/mol. The van der Waals surface area contributed by atoms with Crippen molar-refractivity contribution in [3.63, 3.8) is 0 Å². The van der Waals surface area contributed by atoms with Gasteiger partial charge in [-0.1, -0.05) is 12.2 Å². The molecule has 25 heavy (non-hydrogen) atoms. The Balaban J connectivity index is 4.05. The van der Waals surface area contributed by atoms with Crippen LogP contribution in [-0.4, -0.2) is 36.1 Å². The maximum Gasteiger partial charge on any atom is 0.434 e. The first-order chi connectivity index (χ1) is 11.4. The number of methoxy groups -OCH3 is 1. The van der Waals surface area contributed by atoms with E-state index in [4.69, 9.17) is 12.2 Å². The summed E-state index contributed by atoms with van der Waals surface area (Å²) in [4.78, 5) is 14.6. The topological polar surface area (TPSA) is 63.2 Å². The molecule has 0 aliphatic rings. The van der Waals surface area contributed by atoms with Gasteiger partial charge >= 0.3 is 12.1 Å². The molecule has 140 valence electrons. The smallest absolute Gasteiger partial charge is 0.434 e. The van der Waals surface area contributed by atoms with Gasteiger partial charge in [-0.05, 0) is 13.8 Å². The highest BCUT2D eigenvalue weighted by molar-refractivity contribution is 7.80. The summed E-state index contributed by atoms with van der Waals surface area (Å²) in [5, 5.41) is 4.93. The van der Waals surface area contributed by atoms with Gasteiger partial charge in [0.2, 0.25) is 0 Å². The summed E-state index contributed by atoms with van der Waals surface area (Å²) in [5.74, 6) is -1.25. The molecule has 0 saturated carbocycles. The van der Waals surface area contributed by atoms with Crippen LogP contribution in [0.25, 0.3) is 0 Å². The highest BCUT2D eigenvalue weighted by Crippen LogP contribution is 2.39. The number of thiocarbonyl (C=S) groups is 1. The lowest BCUT2D eigenvalue weighted by Gasteiger charge is -2.23. The molecule has 1 aromatic heterocycles. The van der Waals surface area contributed by atoms with Gasteiger partial charge in [0.25, 0.3) is 6.43 Å². The Kier molecular flexibility index (Phi) is 6.63. The largest absolute Gasteiger partial charge is 0.465 e. The third-order valence-electron chi connectivity index (χ3n) is 2.98. The Hall–Kier alpha value is -2.04. The summed E-state index contributed by atoms with van der Waals surface area (Å²) in [7, 11) is 2.19. The summed E-state index contributed by atoms with van der Waals surface area (Å²) < 4.78 is 71.2. The molecule has 0 radical (unpaired) electrons. The number of nitrogens with zero attached hydrogens (tertiary/aromatic N) is 1. The number of nitrogens with one attached hydrogen (secondary N) is 2. The normalized spacial score (nSPS) is 11.6. The molecule has 0 spiro atoms. The molecule has 1 heterocycles. The standard InChI is InChI=1S/C14H16F5N3O2S/c1-5(2)21-8-6(13(23)24-4)9(11(15)16)22-10(14(17,18)19)7(8)12(25)20-3/h5,11H,1-4H3,(H,20,25)(H,21,22). The predicted molar refractivity (Wildman–Crippen MR) is 85.1 cm³/mol. The molecule has 2 N–H and O–H groups in total. The minimum atomic E-state index is -5.07. The van der Waals surface area contributed by atoms with Crippen LogP contribution in [0, 0.1) is 0 Å². The molecule has 11 heteroatoms. The van der Waals surface area contributed by atoms with Crippen molar-refractivity contribution in [1.82, 2.24) is 10.3 Å². The highest BCUT2D eigenvalue weighted by Gasteiger charge is 2.42. The molecule has 0 fully saturated rings. The summed E-state index contributed by atoms with van der Waals surface area (Å²) >= 11 is 4.88. The maximum atomic E-state index is 13.4. The lowest BCUT2D eigenvalue weighted by molar-refractivity contribution is -0.141. The molecular weight excluding hydrogens is 369 g/mol. The molecular formula is C14H16F5N3O2S. The molecule has 1 aromatic rings. The van der Waals surface area contributed by atoms with Crippen molar-refractivity contribution in [3.8, 4) is 0 Å². The second-order valence-corrected chi connectivity index (χ2v) is 5.55. The van der Waals surface area contributed by atoms with E-state index in [1.54, 1.807) is 13.8 Å². The maximum absolute atomic E-state index is 13.4. The number of anilines is 1. The second-order valence-electron chi connectivity index (χ2n) is 5.14. The van der Waals surface area contributed by atoms with Crippen LogP contribution in [0.5, 0.6) is 0 Å². The van der Waals surface area contributed by atoms with Gasteiger partial charge in [0.15, 0.2) is 5.69 Å². The number of carbonyl (C=O) groups is 1. The number of aromatic nitrogens is 1.